The first-order valence-electron chi connectivity index (χ1n) is 13.8. The Morgan fingerprint density at radius 1 is 0.833 bits per heavy atom. The number of hydrogen-bond donors (Lipinski definition) is 0. The van der Waals surface area contributed by atoms with Crippen LogP contribution in [-0.4, -0.2) is 68.0 Å². The molecule has 12 heteroatoms. The highest BCUT2D eigenvalue weighted by atomic mass is 35.5. The van der Waals surface area contributed by atoms with E-state index >= 15 is 0 Å². The minimum Gasteiger partial charge on any atom is -0.334 e. The lowest BCUT2D eigenvalue weighted by Gasteiger charge is -2.39. The van der Waals surface area contributed by atoms with Gasteiger partial charge in [0.1, 0.15) is 5.82 Å². The quantitative estimate of drug-likeness (QED) is 0.319. The maximum absolute atomic E-state index is 13.9. The molecule has 0 aromatic heterocycles. The van der Waals surface area contributed by atoms with Crippen molar-refractivity contribution in [1.29, 1.82) is 0 Å². The molecule has 1 saturated heterocycles. The van der Waals surface area contributed by atoms with Gasteiger partial charge < -0.3 is 4.90 Å². The zero-order valence-electron chi connectivity index (χ0n) is 23.2. The summed E-state index contributed by atoms with van der Waals surface area (Å²) < 4.78 is 69.9. The monoisotopic (exact) mass is 633 g/mol. The Morgan fingerprint density at radius 3 is 1.98 bits per heavy atom. The summed E-state index contributed by atoms with van der Waals surface area (Å²) in [5, 5.41) is 0.437. The van der Waals surface area contributed by atoms with E-state index in [4.69, 9.17) is 11.6 Å². The molecular formula is C30H33ClFN3O5S2. The van der Waals surface area contributed by atoms with E-state index in [-0.39, 0.29) is 54.0 Å². The maximum Gasteiger partial charge on any atom is 0.243 e. The zero-order chi connectivity index (χ0) is 30.1. The van der Waals surface area contributed by atoms with Gasteiger partial charge in [-0.2, -0.15) is 8.61 Å². The number of carbonyl (C=O) groups excluding carboxylic acids is 1. The number of sulfonamides is 2. The second-order valence-corrected chi connectivity index (χ2v) is 15.1. The molecule has 3 aromatic carbocycles. The van der Waals surface area contributed by atoms with Crippen LogP contribution in [0.25, 0.3) is 0 Å². The fraction of sp³-hybridized carbons (Fsp3) is 0.367. The van der Waals surface area contributed by atoms with Gasteiger partial charge in [-0.25, -0.2) is 21.2 Å². The SMILES string of the molecule is Cc1ccc(S(=O)(=O)N(CC(=O)N(Cc2ccc(F)cc2)C2CCN(S(=O)(=O)c3ccc(Cl)cc3)CC2)C2CC2)cc1. The minimum atomic E-state index is -3.91. The van der Waals surface area contributed by atoms with Crippen molar-refractivity contribution in [3.8, 4) is 0 Å². The number of rotatable bonds is 10. The summed E-state index contributed by atoms with van der Waals surface area (Å²) in [6, 6.07) is 17.8. The van der Waals surface area contributed by atoms with Crippen molar-refractivity contribution >= 4 is 37.6 Å². The number of amides is 1. The Morgan fingerprint density at radius 2 is 1.40 bits per heavy atom. The first-order chi connectivity index (χ1) is 19.9. The van der Waals surface area contributed by atoms with Crippen molar-refractivity contribution in [1.82, 2.24) is 13.5 Å². The van der Waals surface area contributed by atoms with Gasteiger partial charge in [-0.3, -0.25) is 4.79 Å². The first-order valence-corrected chi connectivity index (χ1v) is 17.1. The molecule has 0 radical (unpaired) electrons. The molecule has 1 aliphatic carbocycles. The van der Waals surface area contributed by atoms with Gasteiger partial charge in [-0.05, 0) is 86.7 Å². The van der Waals surface area contributed by atoms with Crippen LogP contribution in [0.15, 0.2) is 82.6 Å². The molecule has 0 unspecified atom stereocenters. The van der Waals surface area contributed by atoms with Crippen LogP contribution in [0, 0.1) is 12.7 Å². The number of aryl methyl sites for hydroxylation is 1. The largest absolute Gasteiger partial charge is 0.334 e. The van der Waals surface area contributed by atoms with Crippen molar-refractivity contribution < 1.29 is 26.0 Å². The number of piperidine rings is 1. The van der Waals surface area contributed by atoms with E-state index in [0.29, 0.717) is 36.3 Å². The van der Waals surface area contributed by atoms with Crippen molar-refractivity contribution in [2.45, 2.75) is 61.0 Å². The van der Waals surface area contributed by atoms with Crippen molar-refractivity contribution in [2.75, 3.05) is 19.6 Å². The molecular weight excluding hydrogens is 601 g/mol. The molecule has 0 spiro atoms. The predicted molar refractivity (Wildman–Crippen MR) is 158 cm³/mol. The second-order valence-electron chi connectivity index (χ2n) is 10.8. The molecule has 0 bridgehead atoms. The summed E-state index contributed by atoms with van der Waals surface area (Å²) in [5.74, 6) is -0.776. The van der Waals surface area contributed by atoms with Gasteiger partial charge >= 0.3 is 0 Å². The summed E-state index contributed by atoms with van der Waals surface area (Å²) in [4.78, 5) is 15.8. The summed E-state index contributed by atoms with van der Waals surface area (Å²) >= 11 is 5.93. The van der Waals surface area contributed by atoms with Crippen LogP contribution in [0.2, 0.25) is 5.02 Å². The fourth-order valence-corrected chi connectivity index (χ4v) is 8.43. The van der Waals surface area contributed by atoms with Gasteiger partial charge in [0.2, 0.25) is 26.0 Å². The third-order valence-corrected chi connectivity index (χ3v) is 11.9. The Kier molecular flexibility index (Phi) is 9.05. The van der Waals surface area contributed by atoms with E-state index in [1.165, 1.54) is 45.0 Å². The summed E-state index contributed by atoms with van der Waals surface area (Å²) in [5.41, 5.74) is 1.62. The van der Waals surface area contributed by atoms with E-state index < -0.39 is 25.9 Å². The van der Waals surface area contributed by atoms with Gasteiger partial charge in [-0.1, -0.05) is 41.4 Å². The van der Waals surface area contributed by atoms with Crippen molar-refractivity contribution in [3.63, 3.8) is 0 Å². The van der Waals surface area contributed by atoms with Crippen LogP contribution in [0.5, 0.6) is 0 Å². The molecule has 1 amide bonds. The van der Waals surface area contributed by atoms with Crippen LogP contribution in [0.3, 0.4) is 0 Å². The smallest absolute Gasteiger partial charge is 0.243 e. The second kappa shape index (κ2) is 12.4. The standard InChI is InChI=1S/C30H33ClFN3O5S2/c1-22-2-12-29(13-3-22)42(39,40)35(27-10-11-27)21-30(36)34(20-23-4-8-25(32)9-5-23)26-16-18-33(19-17-26)41(37,38)28-14-6-24(31)7-15-28/h2-9,12-15,26-27H,10-11,16-21H2,1H3. The Balaban J connectivity index is 1.36. The third kappa shape index (κ3) is 6.86. The molecule has 5 rings (SSSR count). The summed E-state index contributed by atoms with van der Waals surface area (Å²) in [7, 11) is -7.66. The highest BCUT2D eigenvalue weighted by Gasteiger charge is 2.41. The van der Waals surface area contributed by atoms with Crippen LogP contribution in [0.1, 0.15) is 36.8 Å². The number of nitrogens with zero attached hydrogens (tertiary/aromatic N) is 3. The highest BCUT2D eigenvalue weighted by molar-refractivity contribution is 7.89. The molecule has 224 valence electrons. The van der Waals surface area contributed by atoms with Crippen LogP contribution >= 0.6 is 11.6 Å². The molecule has 1 saturated carbocycles. The lowest BCUT2D eigenvalue weighted by molar-refractivity contribution is -0.135. The molecule has 42 heavy (non-hydrogen) atoms. The topological polar surface area (TPSA) is 95.1 Å². The lowest BCUT2D eigenvalue weighted by atomic mass is 10.0. The van der Waals surface area contributed by atoms with E-state index in [9.17, 15) is 26.0 Å². The number of halogens is 2. The maximum atomic E-state index is 13.9. The van der Waals surface area contributed by atoms with Gasteiger partial charge in [0.25, 0.3) is 0 Å². The fourth-order valence-electron chi connectivity index (χ4n) is 5.20. The number of carbonyl (C=O) groups is 1. The van der Waals surface area contributed by atoms with Crippen LogP contribution in [0.4, 0.5) is 4.39 Å². The Hall–Kier alpha value is -2.83. The van der Waals surface area contributed by atoms with E-state index in [2.05, 4.69) is 0 Å². The average molecular weight is 634 g/mol. The number of benzene rings is 3. The van der Waals surface area contributed by atoms with Crippen LogP contribution in [-0.2, 0) is 31.4 Å². The lowest BCUT2D eigenvalue weighted by Crippen LogP contribution is -2.51. The molecule has 3 aromatic rings. The normalized spacial score (nSPS) is 17.0. The van der Waals surface area contributed by atoms with E-state index in [1.807, 2.05) is 6.92 Å². The predicted octanol–water partition coefficient (Wildman–Crippen LogP) is 4.82. The molecule has 2 aliphatic rings. The molecule has 0 atom stereocenters. The van der Waals surface area contributed by atoms with Crippen LogP contribution < -0.4 is 0 Å². The van der Waals surface area contributed by atoms with Gasteiger partial charge in [-0.15, -0.1) is 0 Å². The van der Waals surface area contributed by atoms with Gasteiger partial charge in [0, 0.05) is 36.7 Å². The number of hydrogen-bond acceptors (Lipinski definition) is 5. The highest BCUT2D eigenvalue weighted by Crippen LogP contribution is 2.33. The summed E-state index contributed by atoms with van der Waals surface area (Å²) in [6.07, 6.45) is 2.09. The van der Waals surface area contributed by atoms with Crippen molar-refractivity contribution in [2.24, 2.45) is 0 Å². The first kappa shape index (κ1) is 30.6. The minimum absolute atomic E-state index is 0.138. The Labute approximate surface area is 251 Å². The van der Waals surface area contributed by atoms with Gasteiger partial charge in [0.05, 0.1) is 16.3 Å². The van der Waals surface area contributed by atoms with E-state index in [0.717, 1.165) is 5.56 Å². The molecule has 0 N–H and O–H groups in total. The zero-order valence-corrected chi connectivity index (χ0v) is 25.6. The third-order valence-electron chi connectivity index (χ3n) is 7.77. The molecule has 1 aliphatic heterocycles. The molecule has 2 fully saturated rings. The van der Waals surface area contributed by atoms with E-state index in [1.54, 1.807) is 41.3 Å². The van der Waals surface area contributed by atoms with Crippen molar-refractivity contribution in [3.05, 3.63) is 94.8 Å². The average Bonchev–Trinajstić information content (AvgIpc) is 3.81. The molecule has 8 nitrogen and oxygen atoms in total. The molecule has 1 heterocycles. The Bertz CT molecular complexity index is 1620. The van der Waals surface area contributed by atoms with Gasteiger partial charge in [0.15, 0.2) is 0 Å². The summed E-state index contributed by atoms with van der Waals surface area (Å²) in [6.45, 7) is 2.08.